The van der Waals surface area contributed by atoms with E-state index in [-0.39, 0.29) is 0 Å². The molecular formula is C15H24N2. The highest BCUT2D eigenvalue weighted by molar-refractivity contribution is 5.48. The molecule has 2 heteroatoms. The zero-order valence-corrected chi connectivity index (χ0v) is 11.1. The standard InChI is InChI=1S/C15H24N2/c1-3-8-17(10-13-5-6-13)11-14-9-12(2)4-7-15(14)16/h4,7,9,13H,3,5-6,8,10-11,16H2,1-2H3. The second kappa shape index (κ2) is 5.54. The van der Waals surface area contributed by atoms with Gasteiger partial charge in [-0.1, -0.05) is 24.6 Å². The summed E-state index contributed by atoms with van der Waals surface area (Å²) >= 11 is 0. The molecule has 2 nitrogen and oxygen atoms in total. The van der Waals surface area contributed by atoms with E-state index in [1.165, 1.54) is 43.5 Å². The van der Waals surface area contributed by atoms with E-state index in [9.17, 15) is 0 Å². The maximum atomic E-state index is 6.05. The molecule has 0 amide bonds. The molecule has 0 radical (unpaired) electrons. The Morgan fingerprint density at radius 2 is 2.12 bits per heavy atom. The summed E-state index contributed by atoms with van der Waals surface area (Å²) in [4.78, 5) is 2.56. The monoisotopic (exact) mass is 232 g/mol. The Balaban J connectivity index is 2.01. The number of hydrogen-bond acceptors (Lipinski definition) is 2. The lowest BCUT2D eigenvalue weighted by Crippen LogP contribution is -2.26. The van der Waals surface area contributed by atoms with Gasteiger partial charge >= 0.3 is 0 Å². The number of benzene rings is 1. The normalized spacial score (nSPS) is 15.5. The van der Waals surface area contributed by atoms with Crippen LogP contribution in [0.1, 0.15) is 37.3 Å². The fourth-order valence-corrected chi connectivity index (χ4v) is 2.33. The first kappa shape index (κ1) is 12.4. The molecule has 2 N–H and O–H groups in total. The highest BCUT2D eigenvalue weighted by atomic mass is 15.1. The topological polar surface area (TPSA) is 29.3 Å². The van der Waals surface area contributed by atoms with Crippen LogP contribution < -0.4 is 5.73 Å². The summed E-state index contributed by atoms with van der Waals surface area (Å²) in [5, 5.41) is 0. The maximum absolute atomic E-state index is 6.05. The second-order valence-corrected chi connectivity index (χ2v) is 5.38. The number of rotatable bonds is 6. The van der Waals surface area contributed by atoms with Crippen molar-refractivity contribution in [2.24, 2.45) is 5.92 Å². The van der Waals surface area contributed by atoms with Gasteiger partial charge < -0.3 is 5.73 Å². The summed E-state index contributed by atoms with van der Waals surface area (Å²) in [6.07, 6.45) is 4.06. The molecule has 1 aliphatic carbocycles. The molecule has 0 unspecified atom stereocenters. The van der Waals surface area contributed by atoms with Gasteiger partial charge in [0.2, 0.25) is 0 Å². The van der Waals surface area contributed by atoms with Crippen LogP contribution >= 0.6 is 0 Å². The lowest BCUT2D eigenvalue weighted by atomic mass is 10.1. The van der Waals surface area contributed by atoms with Gasteiger partial charge in [0.1, 0.15) is 0 Å². The van der Waals surface area contributed by atoms with Gasteiger partial charge in [-0.15, -0.1) is 0 Å². The van der Waals surface area contributed by atoms with Crippen molar-refractivity contribution in [2.45, 2.75) is 39.7 Å². The molecule has 0 bridgehead atoms. The van der Waals surface area contributed by atoms with E-state index >= 15 is 0 Å². The summed E-state index contributed by atoms with van der Waals surface area (Å²) in [7, 11) is 0. The van der Waals surface area contributed by atoms with E-state index in [1.54, 1.807) is 0 Å². The molecule has 1 saturated carbocycles. The fourth-order valence-electron chi connectivity index (χ4n) is 2.33. The summed E-state index contributed by atoms with van der Waals surface area (Å²) in [5.41, 5.74) is 9.58. The summed E-state index contributed by atoms with van der Waals surface area (Å²) in [5.74, 6) is 0.951. The van der Waals surface area contributed by atoms with E-state index in [0.29, 0.717) is 0 Å². The number of nitrogen functional groups attached to an aromatic ring is 1. The molecule has 1 fully saturated rings. The van der Waals surface area contributed by atoms with E-state index in [4.69, 9.17) is 5.73 Å². The van der Waals surface area contributed by atoms with Crippen LogP contribution in [0.5, 0.6) is 0 Å². The predicted molar refractivity (Wildman–Crippen MR) is 73.9 cm³/mol. The quantitative estimate of drug-likeness (QED) is 0.763. The van der Waals surface area contributed by atoms with Gasteiger partial charge in [-0.2, -0.15) is 0 Å². The number of nitrogens with zero attached hydrogens (tertiary/aromatic N) is 1. The third-order valence-electron chi connectivity index (χ3n) is 3.45. The van der Waals surface area contributed by atoms with Gasteiger partial charge in [0, 0.05) is 18.8 Å². The maximum Gasteiger partial charge on any atom is 0.0359 e. The Kier molecular flexibility index (Phi) is 4.06. The highest BCUT2D eigenvalue weighted by Gasteiger charge is 2.24. The van der Waals surface area contributed by atoms with Crippen LogP contribution in [0.4, 0.5) is 5.69 Å². The van der Waals surface area contributed by atoms with E-state index in [2.05, 4.69) is 30.9 Å². The van der Waals surface area contributed by atoms with Crippen molar-refractivity contribution in [1.29, 1.82) is 0 Å². The molecule has 2 rings (SSSR count). The number of anilines is 1. The summed E-state index contributed by atoms with van der Waals surface area (Å²) in [6, 6.07) is 6.35. The largest absolute Gasteiger partial charge is 0.398 e. The second-order valence-electron chi connectivity index (χ2n) is 5.38. The smallest absolute Gasteiger partial charge is 0.0359 e. The van der Waals surface area contributed by atoms with Crippen molar-refractivity contribution < 1.29 is 0 Å². The molecule has 0 atom stereocenters. The van der Waals surface area contributed by atoms with Gasteiger partial charge in [-0.3, -0.25) is 4.90 Å². The van der Waals surface area contributed by atoms with Gasteiger partial charge in [-0.25, -0.2) is 0 Å². The van der Waals surface area contributed by atoms with Crippen LogP contribution in [0.15, 0.2) is 18.2 Å². The Morgan fingerprint density at radius 1 is 1.35 bits per heavy atom. The van der Waals surface area contributed by atoms with Crippen molar-refractivity contribution in [3.05, 3.63) is 29.3 Å². The lowest BCUT2D eigenvalue weighted by Gasteiger charge is -2.22. The van der Waals surface area contributed by atoms with Crippen molar-refractivity contribution in [3.63, 3.8) is 0 Å². The summed E-state index contributed by atoms with van der Waals surface area (Å²) < 4.78 is 0. The van der Waals surface area contributed by atoms with Crippen LogP contribution in [-0.4, -0.2) is 18.0 Å². The zero-order valence-electron chi connectivity index (χ0n) is 11.1. The first-order valence-electron chi connectivity index (χ1n) is 6.76. The van der Waals surface area contributed by atoms with Crippen LogP contribution in [0, 0.1) is 12.8 Å². The fraction of sp³-hybridized carbons (Fsp3) is 0.600. The lowest BCUT2D eigenvalue weighted by molar-refractivity contribution is 0.255. The predicted octanol–water partition coefficient (Wildman–Crippen LogP) is 3.20. The van der Waals surface area contributed by atoms with Gasteiger partial charge in [0.15, 0.2) is 0 Å². The highest BCUT2D eigenvalue weighted by Crippen LogP contribution is 2.30. The number of aryl methyl sites for hydroxylation is 1. The third kappa shape index (κ3) is 3.74. The van der Waals surface area contributed by atoms with Crippen LogP contribution in [0.3, 0.4) is 0 Å². The minimum Gasteiger partial charge on any atom is -0.398 e. The Bertz CT molecular complexity index is 369. The van der Waals surface area contributed by atoms with Gasteiger partial charge in [-0.05, 0) is 50.3 Å². The molecular weight excluding hydrogens is 208 g/mol. The van der Waals surface area contributed by atoms with Crippen molar-refractivity contribution >= 4 is 5.69 Å². The molecule has 0 spiro atoms. The van der Waals surface area contributed by atoms with E-state index < -0.39 is 0 Å². The molecule has 1 aliphatic rings. The minimum absolute atomic E-state index is 0.938. The molecule has 0 heterocycles. The van der Waals surface area contributed by atoms with Crippen LogP contribution in [0.2, 0.25) is 0 Å². The third-order valence-corrected chi connectivity index (χ3v) is 3.45. The average Bonchev–Trinajstić information content (AvgIpc) is 3.08. The average molecular weight is 232 g/mol. The molecule has 94 valence electrons. The molecule has 0 aromatic heterocycles. The Morgan fingerprint density at radius 3 is 2.76 bits per heavy atom. The van der Waals surface area contributed by atoms with Crippen LogP contribution in [-0.2, 0) is 6.54 Å². The minimum atomic E-state index is 0.938. The number of hydrogen-bond donors (Lipinski definition) is 1. The van der Waals surface area contributed by atoms with Crippen molar-refractivity contribution in [1.82, 2.24) is 4.90 Å². The molecule has 1 aromatic carbocycles. The molecule has 1 aromatic rings. The number of nitrogens with two attached hydrogens (primary N) is 1. The van der Waals surface area contributed by atoms with Gasteiger partial charge in [0.25, 0.3) is 0 Å². The van der Waals surface area contributed by atoms with Gasteiger partial charge in [0.05, 0.1) is 0 Å². The SMILES string of the molecule is CCCN(Cc1cc(C)ccc1N)CC1CC1. The molecule has 17 heavy (non-hydrogen) atoms. The first-order valence-corrected chi connectivity index (χ1v) is 6.76. The van der Waals surface area contributed by atoms with E-state index in [1.807, 2.05) is 6.07 Å². The molecule has 0 aliphatic heterocycles. The summed E-state index contributed by atoms with van der Waals surface area (Å²) in [6.45, 7) is 7.83. The van der Waals surface area contributed by atoms with E-state index in [0.717, 1.165) is 18.2 Å². The Hall–Kier alpha value is -1.02. The first-order chi connectivity index (χ1) is 8.19. The zero-order chi connectivity index (χ0) is 12.3. The van der Waals surface area contributed by atoms with Crippen molar-refractivity contribution in [3.8, 4) is 0 Å². The molecule has 0 saturated heterocycles. The Labute approximate surface area is 105 Å². The van der Waals surface area contributed by atoms with Crippen molar-refractivity contribution in [2.75, 3.05) is 18.8 Å². The van der Waals surface area contributed by atoms with Crippen LogP contribution in [0.25, 0.3) is 0 Å².